The van der Waals surface area contributed by atoms with Gasteiger partial charge in [0, 0.05) is 37.4 Å². The highest BCUT2D eigenvalue weighted by molar-refractivity contribution is 5.96. The summed E-state index contributed by atoms with van der Waals surface area (Å²) in [6.45, 7) is 7.87. The summed E-state index contributed by atoms with van der Waals surface area (Å²) >= 11 is 0. The third kappa shape index (κ3) is 5.05. The van der Waals surface area contributed by atoms with E-state index < -0.39 is 0 Å². The van der Waals surface area contributed by atoms with E-state index in [1.54, 1.807) is 21.3 Å². The van der Waals surface area contributed by atoms with Crippen LogP contribution in [0, 0.1) is 6.92 Å². The Morgan fingerprint density at radius 3 is 2.13 bits per heavy atom. The largest absolute Gasteiger partial charge is 0.493 e. The molecule has 0 saturated carbocycles. The predicted octanol–water partition coefficient (Wildman–Crippen LogP) is 3.26. The number of anilines is 1. The van der Waals surface area contributed by atoms with E-state index in [1.165, 1.54) is 0 Å². The number of nitrogens with zero attached hydrogens (tertiary/aromatic N) is 2. The molecule has 0 aromatic heterocycles. The SMILES string of the molecule is COc1cc([C@@H](C)NC(=O)c2cc(N3CCN(C)CC3)ccc2C)cc(OC)c1OC. The number of rotatable bonds is 7. The lowest BCUT2D eigenvalue weighted by molar-refractivity contribution is 0.0939. The van der Waals surface area contributed by atoms with Crippen LogP contribution < -0.4 is 24.4 Å². The Kier molecular flexibility index (Phi) is 7.28. The number of piperazine rings is 1. The Bertz CT molecular complexity index is 898. The van der Waals surface area contributed by atoms with E-state index in [4.69, 9.17) is 14.2 Å². The number of methoxy groups -OCH3 is 3. The normalized spacial score (nSPS) is 15.4. The summed E-state index contributed by atoms with van der Waals surface area (Å²) in [4.78, 5) is 17.8. The lowest BCUT2D eigenvalue weighted by atomic mass is 10.0. The molecule has 7 heteroatoms. The van der Waals surface area contributed by atoms with Crippen molar-refractivity contribution in [3.8, 4) is 17.2 Å². The highest BCUT2D eigenvalue weighted by Crippen LogP contribution is 2.39. The van der Waals surface area contributed by atoms with E-state index in [0.29, 0.717) is 22.8 Å². The number of hydrogen-bond acceptors (Lipinski definition) is 6. The van der Waals surface area contributed by atoms with E-state index in [2.05, 4.69) is 28.2 Å². The molecule has 0 bridgehead atoms. The van der Waals surface area contributed by atoms with E-state index in [1.807, 2.05) is 38.1 Å². The second-order valence-electron chi connectivity index (χ2n) is 7.94. The van der Waals surface area contributed by atoms with Gasteiger partial charge in [-0.3, -0.25) is 4.79 Å². The van der Waals surface area contributed by atoms with Crippen LogP contribution in [-0.4, -0.2) is 65.4 Å². The van der Waals surface area contributed by atoms with Gasteiger partial charge in [-0.05, 0) is 56.3 Å². The topological polar surface area (TPSA) is 63.3 Å². The summed E-state index contributed by atoms with van der Waals surface area (Å²) in [5, 5.41) is 3.11. The molecule has 31 heavy (non-hydrogen) atoms. The van der Waals surface area contributed by atoms with Gasteiger partial charge >= 0.3 is 0 Å². The molecule has 0 unspecified atom stereocenters. The van der Waals surface area contributed by atoms with Crippen molar-refractivity contribution < 1.29 is 19.0 Å². The molecular weight excluding hydrogens is 394 g/mol. The van der Waals surface area contributed by atoms with Gasteiger partial charge in [-0.1, -0.05) is 6.07 Å². The Morgan fingerprint density at radius 1 is 0.968 bits per heavy atom. The van der Waals surface area contributed by atoms with Gasteiger partial charge in [0.05, 0.1) is 27.4 Å². The number of carbonyl (C=O) groups excluding carboxylic acids is 1. The summed E-state index contributed by atoms with van der Waals surface area (Å²) in [5.41, 5.74) is 3.60. The lowest BCUT2D eigenvalue weighted by Gasteiger charge is -2.34. The van der Waals surface area contributed by atoms with Crippen molar-refractivity contribution in [1.82, 2.24) is 10.2 Å². The smallest absolute Gasteiger partial charge is 0.252 e. The molecule has 2 aromatic rings. The molecule has 3 rings (SSSR count). The Labute approximate surface area is 184 Å². The van der Waals surface area contributed by atoms with Crippen molar-refractivity contribution in [2.75, 3.05) is 59.5 Å². The molecule has 1 heterocycles. The molecule has 0 aliphatic carbocycles. The molecule has 0 radical (unpaired) electrons. The summed E-state index contributed by atoms with van der Waals surface area (Å²) in [7, 11) is 6.87. The second-order valence-corrected chi connectivity index (χ2v) is 7.94. The Hall–Kier alpha value is -2.93. The van der Waals surface area contributed by atoms with Crippen LogP contribution >= 0.6 is 0 Å². The highest BCUT2D eigenvalue weighted by Gasteiger charge is 2.20. The summed E-state index contributed by atoms with van der Waals surface area (Å²) < 4.78 is 16.3. The first-order valence-electron chi connectivity index (χ1n) is 10.5. The zero-order valence-corrected chi connectivity index (χ0v) is 19.3. The lowest BCUT2D eigenvalue weighted by Crippen LogP contribution is -2.44. The summed E-state index contributed by atoms with van der Waals surface area (Å²) in [5.74, 6) is 1.55. The van der Waals surface area contributed by atoms with Crippen molar-refractivity contribution in [3.63, 3.8) is 0 Å². The molecule has 2 aromatic carbocycles. The Balaban J connectivity index is 1.80. The molecule has 1 aliphatic rings. The van der Waals surface area contributed by atoms with Crippen molar-refractivity contribution in [1.29, 1.82) is 0 Å². The molecule has 168 valence electrons. The van der Waals surface area contributed by atoms with E-state index >= 15 is 0 Å². The first kappa shape index (κ1) is 22.7. The molecule has 1 atom stereocenters. The number of nitrogens with one attached hydrogen (secondary N) is 1. The van der Waals surface area contributed by atoms with Gasteiger partial charge in [0.2, 0.25) is 5.75 Å². The summed E-state index contributed by atoms with van der Waals surface area (Å²) in [6, 6.07) is 9.59. The number of ether oxygens (including phenoxy) is 3. The van der Waals surface area contributed by atoms with Gasteiger partial charge in [0.15, 0.2) is 11.5 Å². The maximum absolute atomic E-state index is 13.1. The highest BCUT2D eigenvalue weighted by atomic mass is 16.5. The van der Waals surface area contributed by atoms with Gasteiger partial charge in [0.25, 0.3) is 5.91 Å². The van der Waals surface area contributed by atoms with Crippen molar-refractivity contribution in [2.24, 2.45) is 0 Å². The van der Waals surface area contributed by atoms with Gasteiger partial charge in [0.1, 0.15) is 0 Å². The maximum atomic E-state index is 13.1. The van der Waals surface area contributed by atoms with Crippen LogP contribution in [0.3, 0.4) is 0 Å². The van der Waals surface area contributed by atoms with E-state index in [-0.39, 0.29) is 11.9 Å². The molecule has 1 amide bonds. The zero-order valence-electron chi connectivity index (χ0n) is 19.3. The number of benzene rings is 2. The fourth-order valence-electron chi connectivity index (χ4n) is 3.83. The number of aryl methyl sites for hydroxylation is 1. The number of amides is 1. The molecular formula is C24H33N3O4. The third-order valence-electron chi connectivity index (χ3n) is 5.87. The molecule has 7 nitrogen and oxygen atoms in total. The molecule has 1 saturated heterocycles. The molecule has 0 spiro atoms. The maximum Gasteiger partial charge on any atom is 0.252 e. The van der Waals surface area contributed by atoms with Crippen molar-refractivity contribution >= 4 is 11.6 Å². The van der Waals surface area contributed by atoms with Gasteiger partial charge in [-0.15, -0.1) is 0 Å². The predicted molar refractivity (Wildman–Crippen MR) is 123 cm³/mol. The average molecular weight is 428 g/mol. The standard InChI is InChI=1S/C24H33N3O4/c1-16-7-8-19(27-11-9-26(3)10-12-27)15-20(16)24(28)25-17(2)18-13-21(29-4)23(31-6)22(14-18)30-5/h7-8,13-15,17H,9-12H2,1-6H3,(H,25,28)/t17-/m1/s1. The first-order chi connectivity index (χ1) is 14.9. The van der Waals surface area contributed by atoms with Crippen LogP contribution in [0.4, 0.5) is 5.69 Å². The van der Waals surface area contributed by atoms with Crippen LogP contribution in [-0.2, 0) is 0 Å². The van der Waals surface area contributed by atoms with Crippen molar-refractivity contribution in [2.45, 2.75) is 19.9 Å². The van der Waals surface area contributed by atoms with Crippen LogP contribution in [0.15, 0.2) is 30.3 Å². The average Bonchev–Trinajstić information content (AvgIpc) is 2.78. The fourth-order valence-corrected chi connectivity index (χ4v) is 3.83. The van der Waals surface area contributed by atoms with Crippen LogP contribution in [0.5, 0.6) is 17.2 Å². The monoisotopic (exact) mass is 427 g/mol. The number of carbonyl (C=O) groups is 1. The first-order valence-corrected chi connectivity index (χ1v) is 10.5. The fraction of sp³-hybridized carbons (Fsp3) is 0.458. The summed E-state index contributed by atoms with van der Waals surface area (Å²) in [6.07, 6.45) is 0. The van der Waals surface area contributed by atoms with Gasteiger partial charge in [-0.25, -0.2) is 0 Å². The quantitative estimate of drug-likeness (QED) is 0.732. The second kappa shape index (κ2) is 9.92. The van der Waals surface area contributed by atoms with Crippen molar-refractivity contribution in [3.05, 3.63) is 47.0 Å². The minimum absolute atomic E-state index is 0.102. The third-order valence-corrected chi connectivity index (χ3v) is 5.87. The molecule has 1 N–H and O–H groups in total. The van der Waals surface area contributed by atoms with Gasteiger partial charge in [-0.2, -0.15) is 0 Å². The number of hydrogen-bond donors (Lipinski definition) is 1. The number of likely N-dealkylation sites (N-methyl/N-ethyl adjacent to an activating group) is 1. The van der Waals surface area contributed by atoms with Crippen LogP contribution in [0.25, 0.3) is 0 Å². The Morgan fingerprint density at radius 2 is 1.58 bits per heavy atom. The van der Waals surface area contributed by atoms with E-state index in [9.17, 15) is 4.79 Å². The van der Waals surface area contributed by atoms with Crippen LogP contribution in [0.2, 0.25) is 0 Å². The van der Waals surface area contributed by atoms with Crippen LogP contribution in [0.1, 0.15) is 34.5 Å². The molecule has 1 aliphatic heterocycles. The van der Waals surface area contributed by atoms with Gasteiger partial charge < -0.3 is 29.3 Å². The zero-order chi connectivity index (χ0) is 22.5. The minimum Gasteiger partial charge on any atom is -0.493 e. The van der Waals surface area contributed by atoms with E-state index in [0.717, 1.165) is 43.0 Å². The minimum atomic E-state index is -0.243. The molecule has 1 fully saturated rings.